The number of pyridine rings is 1. The molecule has 0 bridgehead atoms. The van der Waals surface area contributed by atoms with E-state index < -0.39 is 0 Å². The molecule has 0 saturated heterocycles. The predicted octanol–water partition coefficient (Wildman–Crippen LogP) is 11.4. The van der Waals surface area contributed by atoms with Crippen LogP contribution in [-0.4, -0.2) is 0 Å². The average molecular weight is 583 g/mol. The van der Waals surface area contributed by atoms with Gasteiger partial charge in [-0.3, -0.25) is 0 Å². The number of allylic oxidation sites excluding steroid dienone is 4. The lowest BCUT2D eigenvalue weighted by Gasteiger charge is -2.34. The Hall–Kier alpha value is -3.19. The molecule has 1 nitrogen and oxygen atoms in total. The molecule has 3 aliphatic rings. The Morgan fingerprint density at radius 2 is 1.50 bits per heavy atom. The standard InChI is InChI=1S/C43H52N/c1-10-27(11-2)31-22-32(28(12-3)13-4)26-43(25-31)35-21-20-29-16-14-18-34-38(29)39(35)40-36(42(34,8)9)23-33-30(24-41(5,6)7)17-15-19-37(33)44(40)43/h14-23,25,27-28H,10-13,24,26H2,1-9H3/q+1. The van der Waals surface area contributed by atoms with Crippen molar-refractivity contribution < 1.29 is 4.57 Å². The van der Waals surface area contributed by atoms with E-state index in [-0.39, 0.29) is 16.4 Å². The van der Waals surface area contributed by atoms with E-state index in [1.54, 1.807) is 11.1 Å². The van der Waals surface area contributed by atoms with E-state index in [1.165, 1.54) is 80.9 Å². The van der Waals surface area contributed by atoms with Gasteiger partial charge in [0.25, 0.3) is 0 Å². The summed E-state index contributed by atoms with van der Waals surface area (Å²) < 4.78 is 2.86. The molecule has 0 amide bonds. The number of aromatic nitrogens is 1. The topological polar surface area (TPSA) is 3.88 Å². The third-order valence-electron chi connectivity index (χ3n) is 11.6. The van der Waals surface area contributed by atoms with Crippen LogP contribution in [0.5, 0.6) is 0 Å². The Labute approximate surface area is 266 Å². The van der Waals surface area contributed by atoms with Gasteiger partial charge in [0.15, 0.2) is 0 Å². The lowest BCUT2D eigenvalue weighted by molar-refractivity contribution is -0.703. The highest BCUT2D eigenvalue weighted by molar-refractivity contribution is 6.05. The largest absolute Gasteiger partial charge is 0.219 e. The van der Waals surface area contributed by atoms with Crippen molar-refractivity contribution >= 4 is 21.7 Å². The quantitative estimate of drug-likeness (QED) is 0.191. The first-order valence-corrected chi connectivity index (χ1v) is 17.5. The smallest absolute Gasteiger partial charge is 0.177 e. The Morgan fingerprint density at radius 3 is 2.18 bits per heavy atom. The van der Waals surface area contributed by atoms with Gasteiger partial charge in [-0.2, -0.15) is 4.57 Å². The Kier molecular flexibility index (Phi) is 6.82. The Balaban J connectivity index is 1.68. The Morgan fingerprint density at radius 1 is 0.795 bits per heavy atom. The van der Waals surface area contributed by atoms with Gasteiger partial charge in [0.05, 0.1) is 5.56 Å². The van der Waals surface area contributed by atoms with Crippen LogP contribution in [0, 0.1) is 17.3 Å². The van der Waals surface area contributed by atoms with Crippen LogP contribution < -0.4 is 4.57 Å². The minimum atomic E-state index is -0.231. The summed E-state index contributed by atoms with van der Waals surface area (Å²) in [4.78, 5) is 0. The summed E-state index contributed by atoms with van der Waals surface area (Å²) in [5.41, 5.74) is 13.4. The van der Waals surface area contributed by atoms with Crippen molar-refractivity contribution in [1.82, 2.24) is 0 Å². The monoisotopic (exact) mass is 582 g/mol. The summed E-state index contributed by atoms with van der Waals surface area (Å²) >= 11 is 0. The SMILES string of the molecule is CCC(CC)C1=CC2(CC(C(CC)CC)=C1)c1ccc3cccc4c3c1-c1c(cc3c(CC(C)(C)C)cccc3[n+]12)C4(C)C. The first kappa shape index (κ1) is 29.5. The molecule has 1 heteroatoms. The van der Waals surface area contributed by atoms with Gasteiger partial charge >= 0.3 is 0 Å². The number of hydrogen-bond acceptors (Lipinski definition) is 0. The fraction of sp³-hybridized carbons (Fsp3) is 0.465. The number of benzene rings is 3. The fourth-order valence-electron chi connectivity index (χ4n) is 9.38. The molecule has 3 aromatic carbocycles. The van der Waals surface area contributed by atoms with Crippen molar-refractivity contribution in [3.05, 3.63) is 100 Å². The number of nitrogens with zero attached hydrogens (tertiary/aromatic N) is 1. The minimum Gasteiger partial charge on any atom is -0.177 e. The van der Waals surface area contributed by atoms with Gasteiger partial charge in [-0.25, -0.2) is 0 Å². The maximum absolute atomic E-state index is 2.86. The summed E-state index contributed by atoms with van der Waals surface area (Å²) in [6.45, 7) is 21.6. The van der Waals surface area contributed by atoms with Crippen LogP contribution in [0.3, 0.4) is 0 Å². The van der Waals surface area contributed by atoms with Crippen molar-refractivity contribution in [3.8, 4) is 11.3 Å². The molecule has 1 unspecified atom stereocenters. The van der Waals surface area contributed by atoms with Crippen molar-refractivity contribution in [2.75, 3.05) is 0 Å². The van der Waals surface area contributed by atoms with Crippen LogP contribution in [0.4, 0.5) is 0 Å². The molecule has 1 aliphatic heterocycles. The molecule has 0 N–H and O–H groups in total. The van der Waals surface area contributed by atoms with Crippen LogP contribution >= 0.6 is 0 Å². The zero-order chi connectivity index (χ0) is 31.2. The lowest BCUT2D eigenvalue weighted by Crippen LogP contribution is -2.56. The molecular weight excluding hydrogens is 530 g/mol. The highest BCUT2D eigenvalue weighted by Crippen LogP contribution is 2.57. The van der Waals surface area contributed by atoms with Crippen LogP contribution in [-0.2, 0) is 17.4 Å². The molecule has 1 atom stereocenters. The average Bonchev–Trinajstić information content (AvgIpc) is 3.26. The number of hydrogen-bond donors (Lipinski definition) is 0. The second-order valence-corrected chi connectivity index (χ2v) is 15.8. The van der Waals surface area contributed by atoms with Gasteiger partial charge in [0.1, 0.15) is 0 Å². The molecule has 1 spiro atoms. The van der Waals surface area contributed by atoms with Gasteiger partial charge in [-0.05, 0) is 83.6 Å². The summed E-state index contributed by atoms with van der Waals surface area (Å²) in [5, 5.41) is 4.29. The van der Waals surface area contributed by atoms with Crippen molar-refractivity contribution in [2.45, 2.75) is 112 Å². The highest BCUT2D eigenvalue weighted by atomic mass is 15.1. The molecule has 7 rings (SSSR count). The highest BCUT2D eigenvalue weighted by Gasteiger charge is 2.57. The molecule has 0 radical (unpaired) electrons. The number of fused-ring (bicyclic) bond motifs is 4. The molecular formula is C43H52N+. The fourth-order valence-corrected chi connectivity index (χ4v) is 9.38. The van der Waals surface area contributed by atoms with E-state index in [2.05, 4.69) is 134 Å². The van der Waals surface area contributed by atoms with Crippen molar-refractivity contribution in [1.29, 1.82) is 0 Å². The second-order valence-electron chi connectivity index (χ2n) is 15.8. The second kappa shape index (κ2) is 10.2. The maximum Gasteiger partial charge on any atom is 0.219 e. The Bertz CT molecular complexity index is 1870. The normalized spacial score (nSPS) is 19.9. The molecule has 228 valence electrons. The van der Waals surface area contributed by atoms with Gasteiger partial charge in [-0.1, -0.05) is 116 Å². The van der Waals surface area contributed by atoms with E-state index in [4.69, 9.17) is 0 Å². The first-order valence-electron chi connectivity index (χ1n) is 17.5. The summed E-state index contributed by atoms with van der Waals surface area (Å²) in [6.07, 6.45) is 12.3. The predicted molar refractivity (Wildman–Crippen MR) is 188 cm³/mol. The van der Waals surface area contributed by atoms with E-state index in [1.807, 2.05) is 0 Å². The van der Waals surface area contributed by atoms with Crippen LogP contribution in [0.1, 0.15) is 117 Å². The van der Waals surface area contributed by atoms with Gasteiger partial charge in [0, 0.05) is 39.8 Å². The van der Waals surface area contributed by atoms with Crippen LogP contribution in [0.25, 0.3) is 32.9 Å². The van der Waals surface area contributed by atoms with E-state index in [9.17, 15) is 0 Å². The lowest BCUT2D eigenvalue weighted by atomic mass is 9.68. The third kappa shape index (κ3) is 4.07. The number of rotatable bonds is 7. The molecule has 2 aliphatic carbocycles. The molecule has 0 saturated carbocycles. The molecule has 0 fully saturated rings. The summed E-state index contributed by atoms with van der Waals surface area (Å²) in [7, 11) is 0. The summed E-state index contributed by atoms with van der Waals surface area (Å²) in [6, 6.07) is 21.7. The van der Waals surface area contributed by atoms with Crippen LogP contribution in [0.2, 0.25) is 0 Å². The first-order chi connectivity index (χ1) is 21.0. The molecule has 2 heterocycles. The van der Waals surface area contributed by atoms with Crippen molar-refractivity contribution in [2.24, 2.45) is 17.3 Å². The summed E-state index contributed by atoms with van der Waals surface area (Å²) in [5.74, 6) is 1.19. The van der Waals surface area contributed by atoms with Crippen molar-refractivity contribution in [3.63, 3.8) is 0 Å². The van der Waals surface area contributed by atoms with E-state index in [0.29, 0.717) is 11.8 Å². The maximum atomic E-state index is 2.86. The minimum absolute atomic E-state index is 0.0958. The van der Waals surface area contributed by atoms with Gasteiger partial charge in [-0.15, -0.1) is 0 Å². The molecule has 44 heavy (non-hydrogen) atoms. The van der Waals surface area contributed by atoms with E-state index >= 15 is 0 Å². The zero-order valence-corrected chi connectivity index (χ0v) is 28.7. The van der Waals surface area contributed by atoms with Crippen LogP contribution in [0.15, 0.2) is 77.9 Å². The van der Waals surface area contributed by atoms with E-state index in [0.717, 1.165) is 12.8 Å². The van der Waals surface area contributed by atoms with Gasteiger partial charge in [0.2, 0.25) is 16.7 Å². The molecule has 1 aromatic heterocycles. The molecule has 4 aromatic rings. The van der Waals surface area contributed by atoms with Gasteiger partial charge < -0.3 is 0 Å². The third-order valence-corrected chi connectivity index (χ3v) is 11.6. The zero-order valence-electron chi connectivity index (χ0n) is 28.7.